The Morgan fingerprint density at radius 1 is 1.23 bits per heavy atom. The minimum atomic E-state index is -1.24. The highest BCUT2D eigenvalue weighted by Crippen LogP contribution is 2.33. The predicted molar refractivity (Wildman–Crippen MR) is 85.4 cm³/mol. The Labute approximate surface area is 134 Å². The van der Waals surface area contributed by atoms with E-state index in [0.717, 1.165) is 0 Å². The molecule has 0 N–H and O–H groups in total. The Balaban J connectivity index is 2.49. The summed E-state index contributed by atoms with van der Waals surface area (Å²) in [5, 5.41) is 0.130. The molecule has 0 spiro atoms. The number of carbonyl (C=O) groups is 3. The number of hydrogen-bond acceptors (Lipinski definition) is 4. The second-order valence-electron chi connectivity index (χ2n) is 5.51. The van der Waals surface area contributed by atoms with Crippen LogP contribution in [-0.4, -0.2) is 29.1 Å². The minimum absolute atomic E-state index is 0.0198. The number of hydrogen-bond donors (Lipinski definition) is 0. The summed E-state index contributed by atoms with van der Waals surface area (Å²) >= 11 is 5.89. The van der Waals surface area contributed by atoms with Gasteiger partial charge in [-0.1, -0.05) is 41.9 Å². The molecule has 0 aromatic heterocycles. The third-order valence-electron chi connectivity index (χ3n) is 4.09. The maximum Gasteiger partial charge on any atom is 0.172 e. The molecule has 5 heteroatoms. The molecular weight excluding hydrogens is 302 g/mol. The van der Waals surface area contributed by atoms with Gasteiger partial charge in [-0.2, -0.15) is 0 Å². The van der Waals surface area contributed by atoms with E-state index in [-0.39, 0.29) is 35.5 Å². The van der Waals surface area contributed by atoms with Gasteiger partial charge in [0.2, 0.25) is 0 Å². The van der Waals surface area contributed by atoms with Crippen molar-refractivity contribution in [1.82, 2.24) is 0 Å². The first-order valence-electron chi connectivity index (χ1n) is 7.27. The van der Waals surface area contributed by atoms with Crippen LogP contribution in [0.5, 0.6) is 0 Å². The van der Waals surface area contributed by atoms with E-state index in [2.05, 4.69) is 4.99 Å². The summed E-state index contributed by atoms with van der Waals surface area (Å²) < 4.78 is 0. The van der Waals surface area contributed by atoms with Crippen LogP contribution in [-0.2, 0) is 19.8 Å². The number of halogens is 1. The molecule has 0 saturated heterocycles. The van der Waals surface area contributed by atoms with Crippen molar-refractivity contribution in [3.05, 3.63) is 35.9 Å². The molecule has 0 bridgehead atoms. The van der Waals surface area contributed by atoms with E-state index < -0.39 is 5.41 Å². The van der Waals surface area contributed by atoms with Crippen LogP contribution < -0.4 is 0 Å². The van der Waals surface area contributed by atoms with Crippen LogP contribution in [0.3, 0.4) is 0 Å². The number of ketones is 3. The fourth-order valence-corrected chi connectivity index (χ4v) is 3.10. The molecule has 0 amide bonds. The van der Waals surface area contributed by atoms with Gasteiger partial charge in [0.25, 0.3) is 0 Å². The van der Waals surface area contributed by atoms with Crippen molar-refractivity contribution in [2.45, 2.75) is 38.0 Å². The zero-order valence-electron chi connectivity index (χ0n) is 12.5. The standard InChI is InChI=1S/C17H18ClNO3/c1-12(20)17(13-6-3-2-4-7-13)9-5-8-14(21)10-16(18)19-11-15(17)22/h2-4,6-7H,5,8-11H2,1H3. The number of nitrogens with zero attached hydrogens (tertiary/aromatic N) is 1. The predicted octanol–water partition coefficient (Wildman–Crippen LogP) is 2.86. The van der Waals surface area contributed by atoms with Crippen LogP contribution in [0.25, 0.3) is 0 Å². The van der Waals surface area contributed by atoms with Gasteiger partial charge in [-0.15, -0.1) is 0 Å². The first kappa shape index (κ1) is 16.6. The second kappa shape index (κ2) is 6.97. The van der Waals surface area contributed by atoms with Crippen molar-refractivity contribution in [2.75, 3.05) is 6.54 Å². The molecule has 1 aromatic rings. The van der Waals surface area contributed by atoms with Gasteiger partial charge in [0.05, 0.1) is 6.42 Å². The van der Waals surface area contributed by atoms with Crippen LogP contribution in [0.15, 0.2) is 35.3 Å². The fourth-order valence-electron chi connectivity index (χ4n) is 2.89. The van der Waals surface area contributed by atoms with E-state index in [1.165, 1.54) is 6.92 Å². The number of rotatable bonds is 2. The molecular formula is C17H18ClNO3. The second-order valence-corrected chi connectivity index (χ2v) is 5.95. The first-order valence-corrected chi connectivity index (χ1v) is 7.65. The molecule has 1 aliphatic heterocycles. The molecule has 0 aliphatic carbocycles. The molecule has 1 aliphatic rings. The summed E-state index contributed by atoms with van der Waals surface area (Å²) in [7, 11) is 0. The van der Waals surface area contributed by atoms with Gasteiger partial charge in [-0.25, -0.2) is 0 Å². The molecule has 1 unspecified atom stereocenters. The van der Waals surface area contributed by atoms with Crippen LogP contribution >= 0.6 is 11.6 Å². The quantitative estimate of drug-likeness (QED) is 0.787. The van der Waals surface area contributed by atoms with Crippen molar-refractivity contribution >= 4 is 34.1 Å². The lowest BCUT2D eigenvalue weighted by Gasteiger charge is -2.30. The Kier molecular flexibility index (Phi) is 5.24. The van der Waals surface area contributed by atoms with Gasteiger partial charge in [-0.3, -0.25) is 19.4 Å². The average Bonchev–Trinajstić information content (AvgIpc) is 2.49. The normalized spacial score (nSPS) is 23.8. The monoisotopic (exact) mass is 319 g/mol. The maximum absolute atomic E-state index is 12.8. The number of carbonyl (C=O) groups excluding carboxylic acids is 3. The van der Waals surface area contributed by atoms with E-state index in [1.54, 1.807) is 24.3 Å². The summed E-state index contributed by atoms with van der Waals surface area (Å²) in [4.78, 5) is 40.9. The van der Waals surface area contributed by atoms with Crippen LogP contribution in [0.4, 0.5) is 0 Å². The lowest BCUT2D eigenvalue weighted by atomic mass is 9.70. The summed E-state index contributed by atoms with van der Waals surface area (Å²) in [6, 6.07) is 8.98. The van der Waals surface area contributed by atoms with Crippen molar-refractivity contribution in [2.24, 2.45) is 4.99 Å². The van der Waals surface area contributed by atoms with Gasteiger partial charge in [-0.05, 0) is 25.3 Å². The molecule has 0 fully saturated rings. The van der Waals surface area contributed by atoms with Crippen molar-refractivity contribution in [3.8, 4) is 0 Å². The Morgan fingerprint density at radius 3 is 2.55 bits per heavy atom. The number of aliphatic imine (C=N–C) groups is 1. The van der Waals surface area contributed by atoms with E-state index in [4.69, 9.17) is 11.6 Å². The van der Waals surface area contributed by atoms with Gasteiger partial charge < -0.3 is 0 Å². The molecule has 0 saturated carbocycles. The van der Waals surface area contributed by atoms with Crippen LogP contribution in [0, 0.1) is 0 Å². The van der Waals surface area contributed by atoms with Crippen molar-refractivity contribution in [1.29, 1.82) is 0 Å². The third-order valence-corrected chi connectivity index (χ3v) is 4.34. The third kappa shape index (κ3) is 3.33. The summed E-state index contributed by atoms with van der Waals surface area (Å²) in [5.74, 6) is -0.504. The molecule has 2 rings (SSSR count). The SMILES string of the molecule is CC(=O)C1(c2ccccc2)CCCC(=O)CC(Cl)=NCC1=O. The lowest BCUT2D eigenvalue weighted by molar-refractivity contribution is -0.134. The Morgan fingerprint density at radius 2 is 1.91 bits per heavy atom. The number of benzene rings is 1. The highest BCUT2D eigenvalue weighted by atomic mass is 35.5. The minimum Gasteiger partial charge on any atom is -0.299 e. The van der Waals surface area contributed by atoms with E-state index >= 15 is 0 Å². The smallest absolute Gasteiger partial charge is 0.172 e. The van der Waals surface area contributed by atoms with Gasteiger partial charge in [0, 0.05) is 6.42 Å². The van der Waals surface area contributed by atoms with Crippen LogP contribution in [0.1, 0.15) is 38.2 Å². The highest BCUT2D eigenvalue weighted by Gasteiger charge is 2.43. The first-order chi connectivity index (χ1) is 10.5. The zero-order chi connectivity index (χ0) is 16.2. The molecule has 4 nitrogen and oxygen atoms in total. The van der Waals surface area contributed by atoms with Crippen molar-refractivity contribution in [3.63, 3.8) is 0 Å². The zero-order valence-corrected chi connectivity index (χ0v) is 13.2. The van der Waals surface area contributed by atoms with Crippen molar-refractivity contribution < 1.29 is 14.4 Å². The molecule has 0 radical (unpaired) electrons. The van der Waals surface area contributed by atoms with Gasteiger partial charge >= 0.3 is 0 Å². The van der Waals surface area contributed by atoms with E-state index in [0.29, 0.717) is 24.8 Å². The maximum atomic E-state index is 12.8. The lowest BCUT2D eigenvalue weighted by Crippen LogP contribution is -2.44. The highest BCUT2D eigenvalue weighted by molar-refractivity contribution is 6.66. The summed E-state index contributed by atoms with van der Waals surface area (Å²) in [6.07, 6.45) is 1.15. The summed E-state index contributed by atoms with van der Waals surface area (Å²) in [6.45, 7) is 1.24. The molecule has 116 valence electrons. The van der Waals surface area contributed by atoms with Gasteiger partial charge in [0.15, 0.2) is 5.78 Å². The van der Waals surface area contributed by atoms with E-state index in [9.17, 15) is 14.4 Å². The summed E-state index contributed by atoms with van der Waals surface area (Å²) in [5.41, 5.74) is -0.577. The molecule has 22 heavy (non-hydrogen) atoms. The fraction of sp³-hybridized carbons (Fsp3) is 0.412. The largest absolute Gasteiger partial charge is 0.299 e. The van der Waals surface area contributed by atoms with Gasteiger partial charge in [0.1, 0.15) is 28.7 Å². The molecule has 1 atom stereocenters. The average molecular weight is 320 g/mol. The number of Topliss-reactive ketones (excluding diaryl/α,β-unsaturated/α-hetero) is 3. The van der Waals surface area contributed by atoms with Crippen LogP contribution in [0.2, 0.25) is 0 Å². The Bertz CT molecular complexity index is 624. The topological polar surface area (TPSA) is 63.6 Å². The Hall–Kier alpha value is -1.81. The molecule has 1 heterocycles. The molecule has 1 aromatic carbocycles. The van der Waals surface area contributed by atoms with E-state index in [1.807, 2.05) is 6.07 Å².